The summed E-state index contributed by atoms with van der Waals surface area (Å²) in [4.78, 5) is 11.3. The highest BCUT2D eigenvalue weighted by Gasteiger charge is 2.21. The fraction of sp³-hybridized carbons (Fsp3) is 0.462. The Morgan fingerprint density at radius 2 is 2.00 bits per heavy atom. The van der Waals surface area contributed by atoms with Gasteiger partial charge >= 0.3 is 0 Å². The second-order valence-electron chi connectivity index (χ2n) is 4.56. The van der Waals surface area contributed by atoms with Crippen molar-refractivity contribution in [2.75, 3.05) is 6.54 Å². The summed E-state index contributed by atoms with van der Waals surface area (Å²) in [6, 6.07) is 3.41. The summed E-state index contributed by atoms with van der Waals surface area (Å²) in [5, 5.41) is 0. The Hall–Kier alpha value is -1.27. The van der Waals surface area contributed by atoms with Crippen LogP contribution in [-0.4, -0.2) is 20.7 Å². The van der Waals surface area contributed by atoms with E-state index in [9.17, 15) is 17.6 Å². The fourth-order valence-corrected chi connectivity index (χ4v) is 2.75. The molecule has 0 saturated carbocycles. The van der Waals surface area contributed by atoms with Crippen LogP contribution < -0.4 is 4.72 Å². The first kappa shape index (κ1) is 15.8. The van der Waals surface area contributed by atoms with Crippen molar-refractivity contribution in [3.63, 3.8) is 0 Å². The number of sulfonamides is 1. The van der Waals surface area contributed by atoms with Crippen molar-refractivity contribution in [1.82, 2.24) is 4.72 Å². The topological polar surface area (TPSA) is 63.2 Å². The van der Waals surface area contributed by atoms with Gasteiger partial charge in [0.2, 0.25) is 10.0 Å². The Labute approximate surface area is 113 Å². The molecule has 0 saturated heterocycles. The summed E-state index contributed by atoms with van der Waals surface area (Å²) in [6.45, 7) is 5.44. The molecule has 0 amide bonds. The standard InChI is InChI=1S/C13H18FNO3S/c1-4-7-15-19(17,18)12-8-10(5-6-11(12)14)13(16)9(2)3/h5-6,8-9,15H,4,7H2,1-3H3. The van der Waals surface area contributed by atoms with Gasteiger partial charge in [-0.1, -0.05) is 20.8 Å². The molecule has 0 aliphatic rings. The van der Waals surface area contributed by atoms with Gasteiger partial charge in [0.15, 0.2) is 5.78 Å². The van der Waals surface area contributed by atoms with Gasteiger partial charge in [-0.3, -0.25) is 4.79 Å². The van der Waals surface area contributed by atoms with Crippen molar-refractivity contribution >= 4 is 15.8 Å². The van der Waals surface area contributed by atoms with Gasteiger partial charge < -0.3 is 0 Å². The first-order chi connectivity index (χ1) is 8.79. The Bertz CT molecular complexity index is 567. The second kappa shape index (κ2) is 6.25. The second-order valence-corrected chi connectivity index (χ2v) is 6.30. The van der Waals surface area contributed by atoms with E-state index in [1.54, 1.807) is 20.8 Å². The number of hydrogen-bond donors (Lipinski definition) is 1. The largest absolute Gasteiger partial charge is 0.294 e. The van der Waals surface area contributed by atoms with Gasteiger partial charge in [0.05, 0.1) is 0 Å². The lowest BCUT2D eigenvalue weighted by Crippen LogP contribution is -2.25. The van der Waals surface area contributed by atoms with Crippen LogP contribution >= 0.6 is 0 Å². The quantitative estimate of drug-likeness (QED) is 0.817. The maximum atomic E-state index is 13.6. The molecule has 6 heteroatoms. The number of Topliss-reactive ketones (excluding diaryl/α,β-unsaturated/α-hetero) is 1. The Balaban J connectivity index is 3.21. The van der Waals surface area contributed by atoms with Gasteiger partial charge in [-0.2, -0.15) is 0 Å². The Morgan fingerprint density at radius 3 is 2.53 bits per heavy atom. The summed E-state index contributed by atoms with van der Waals surface area (Å²) >= 11 is 0. The molecule has 0 aliphatic heterocycles. The van der Waals surface area contributed by atoms with E-state index in [-0.39, 0.29) is 23.8 Å². The van der Waals surface area contributed by atoms with E-state index in [2.05, 4.69) is 4.72 Å². The summed E-state index contributed by atoms with van der Waals surface area (Å²) in [6.07, 6.45) is 0.603. The van der Waals surface area contributed by atoms with Crippen LogP contribution in [0.1, 0.15) is 37.6 Å². The van der Waals surface area contributed by atoms with Gasteiger partial charge in [-0.15, -0.1) is 0 Å². The molecule has 0 heterocycles. The minimum absolute atomic E-state index is 0.202. The maximum Gasteiger partial charge on any atom is 0.243 e. The molecule has 1 aromatic rings. The monoisotopic (exact) mass is 287 g/mol. The van der Waals surface area contributed by atoms with E-state index in [4.69, 9.17) is 0 Å². The van der Waals surface area contributed by atoms with Crippen LogP contribution in [-0.2, 0) is 10.0 Å². The first-order valence-electron chi connectivity index (χ1n) is 6.13. The molecule has 0 aliphatic carbocycles. The van der Waals surface area contributed by atoms with E-state index >= 15 is 0 Å². The highest BCUT2D eigenvalue weighted by molar-refractivity contribution is 7.89. The van der Waals surface area contributed by atoms with Crippen molar-refractivity contribution in [3.8, 4) is 0 Å². The minimum Gasteiger partial charge on any atom is -0.294 e. The van der Waals surface area contributed by atoms with E-state index < -0.39 is 20.7 Å². The molecule has 1 rings (SSSR count). The summed E-state index contributed by atoms with van der Waals surface area (Å²) in [5.74, 6) is -1.35. The molecule has 0 unspecified atom stereocenters. The average Bonchev–Trinajstić information content (AvgIpc) is 2.35. The molecular formula is C13H18FNO3S. The normalized spacial score (nSPS) is 11.8. The molecule has 0 aromatic heterocycles. The molecule has 0 fully saturated rings. The van der Waals surface area contributed by atoms with Gasteiger partial charge in [0, 0.05) is 18.0 Å². The number of carbonyl (C=O) groups excluding carboxylic acids is 1. The Kier molecular flexibility index (Phi) is 5.20. The highest BCUT2D eigenvalue weighted by Crippen LogP contribution is 2.18. The number of hydrogen-bond acceptors (Lipinski definition) is 3. The smallest absolute Gasteiger partial charge is 0.243 e. The number of nitrogens with one attached hydrogen (secondary N) is 1. The number of carbonyl (C=O) groups is 1. The molecule has 0 spiro atoms. The zero-order valence-corrected chi connectivity index (χ0v) is 12.1. The number of halogens is 1. The molecule has 1 aromatic carbocycles. The van der Waals surface area contributed by atoms with Gasteiger partial charge in [0.25, 0.3) is 0 Å². The van der Waals surface area contributed by atoms with E-state index in [0.29, 0.717) is 6.42 Å². The van der Waals surface area contributed by atoms with Crippen LogP contribution in [0.3, 0.4) is 0 Å². The zero-order valence-electron chi connectivity index (χ0n) is 11.2. The fourth-order valence-electron chi connectivity index (χ4n) is 1.51. The SMILES string of the molecule is CCCNS(=O)(=O)c1cc(C(=O)C(C)C)ccc1F. The van der Waals surface area contributed by atoms with Crippen LogP contribution in [0.25, 0.3) is 0 Å². The highest BCUT2D eigenvalue weighted by atomic mass is 32.2. The average molecular weight is 287 g/mol. The van der Waals surface area contributed by atoms with Crippen LogP contribution in [0.5, 0.6) is 0 Å². The third kappa shape index (κ3) is 3.84. The van der Waals surface area contributed by atoms with Crippen LogP contribution in [0.2, 0.25) is 0 Å². The number of rotatable bonds is 6. The van der Waals surface area contributed by atoms with Crippen LogP contribution in [0.15, 0.2) is 23.1 Å². The summed E-state index contributed by atoms with van der Waals surface area (Å²) in [7, 11) is -3.91. The van der Waals surface area contributed by atoms with Crippen molar-refractivity contribution in [1.29, 1.82) is 0 Å². The minimum atomic E-state index is -3.91. The van der Waals surface area contributed by atoms with Gasteiger partial charge in [-0.05, 0) is 24.6 Å². The number of ketones is 1. The molecule has 106 valence electrons. The van der Waals surface area contributed by atoms with E-state index in [1.165, 1.54) is 6.07 Å². The number of benzene rings is 1. The molecule has 0 atom stereocenters. The molecule has 1 N–H and O–H groups in total. The lowest BCUT2D eigenvalue weighted by atomic mass is 10.0. The Morgan fingerprint density at radius 1 is 1.37 bits per heavy atom. The van der Waals surface area contributed by atoms with Crippen molar-refractivity contribution in [2.24, 2.45) is 5.92 Å². The molecule has 0 radical (unpaired) electrons. The lowest BCUT2D eigenvalue weighted by Gasteiger charge is -2.09. The summed E-state index contributed by atoms with van der Waals surface area (Å²) in [5.41, 5.74) is 0.202. The summed E-state index contributed by atoms with van der Waals surface area (Å²) < 4.78 is 39.7. The maximum absolute atomic E-state index is 13.6. The zero-order chi connectivity index (χ0) is 14.6. The van der Waals surface area contributed by atoms with Crippen molar-refractivity contribution in [2.45, 2.75) is 32.1 Å². The molecular weight excluding hydrogens is 269 g/mol. The van der Waals surface area contributed by atoms with Gasteiger partial charge in [-0.25, -0.2) is 17.5 Å². The van der Waals surface area contributed by atoms with Crippen LogP contribution in [0.4, 0.5) is 4.39 Å². The third-order valence-electron chi connectivity index (χ3n) is 2.57. The van der Waals surface area contributed by atoms with Crippen LogP contribution in [0, 0.1) is 11.7 Å². The van der Waals surface area contributed by atoms with E-state index in [1.807, 2.05) is 0 Å². The van der Waals surface area contributed by atoms with Crippen molar-refractivity contribution < 1.29 is 17.6 Å². The van der Waals surface area contributed by atoms with Gasteiger partial charge in [0.1, 0.15) is 10.7 Å². The predicted molar refractivity (Wildman–Crippen MR) is 71.0 cm³/mol. The lowest BCUT2D eigenvalue weighted by molar-refractivity contribution is 0.0939. The van der Waals surface area contributed by atoms with E-state index in [0.717, 1.165) is 12.1 Å². The first-order valence-corrected chi connectivity index (χ1v) is 7.61. The molecule has 19 heavy (non-hydrogen) atoms. The molecule has 0 bridgehead atoms. The molecule has 4 nitrogen and oxygen atoms in total. The predicted octanol–water partition coefficient (Wildman–Crippen LogP) is 2.35. The van der Waals surface area contributed by atoms with Crippen molar-refractivity contribution in [3.05, 3.63) is 29.6 Å². The third-order valence-corrected chi connectivity index (χ3v) is 4.05.